The molecule has 204 valence electrons. The fourth-order valence-electron chi connectivity index (χ4n) is 4.32. The van der Waals surface area contributed by atoms with E-state index in [2.05, 4.69) is 10.6 Å². The highest BCUT2D eigenvalue weighted by Gasteiger charge is 2.30. The van der Waals surface area contributed by atoms with Crippen LogP contribution in [0.5, 0.6) is 28.7 Å². The van der Waals surface area contributed by atoms with Gasteiger partial charge in [-0.2, -0.15) is 0 Å². The van der Waals surface area contributed by atoms with Gasteiger partial charge in [-0.25, -0.2) is 4.79 Å². The number of esters is 1. The number of rotatable bonds is 7. The Balaban J connectivity index is 1.48. The van der Waals surface area contributed by atoms with E-state index in [4.69, 9.17) is 9.47 Å². The number of aromatic hydroxyl groups is 4. The molecule has 0 saturated carbocycles. The second-order valence-electron chi connectivity index (χ2n) is 9.00. The molecule has 3 aromatic carbocycles. The van der Waals surface area contributed by atoms with Crippen LogP contribution in [0.4, 0.5) is 0 Å². The molecule has 2 unspecified atom stereocenters. The molecule has 1 heterocycles. The second-order valence-corrected chi connectivity index (χ2v) is 9.00. The van der Waals surface area contributed by atoms with Crippen molar-refractivity contribution in [2.24, 2.45) is 0 Å². The van der Waals surface area contributed by atoms with Crippen LogP contribution >= 0.6 is 0 Å². The molecule has 6 N–H and O–H groups in total. The van der Waals surface area contributed by atoms with Crippen molar-refractivity contribution in [3.8, 4) is 28.7 Å². The number of carbonyl (C=O) groups excluding carboxylic acids is 3. The van der Waals surface area contributed by atoms with Gasteiger partial charge in [-0.1, -0.05) is 12.1 Å². The summed E-state index contributed by atoms with van der Waals surface area (Å²) in [5.74, 6) is -4.00. The number of phenols is 4. The molecular formula is C28H28N2O9. The van der Waals surface area contributed by atoms with Crippen molar-refractivity contribution in [1.82, 2.24) is 10.6 Å². The number of carbonyl (C=O) groups is 3. The zero-order valence-corrected chi connectivity index (χ0v) is 21.0. The smallest absolute Gasteiger partial charge is 0.338 e. The molecule has 0 aromatic heterocycles. The van der Waals surface area contributed by atoms with Crippen molar-refractivity contribution < 1.29 is 44.3 Å². The van der Waals surface area contributed by atoms with Crippen molar-refractivity contribution in [2.75, 3.05) is 20.2 Å². The highest BCUT2D eigenvalue weighted by molar-refractivity contribution is 6.13. The molecule has 1 saturated heterocycles. The van der Waals surface area contributed by atoms with Crippen molar-refractivity contribution in [3.63, 3.8) is 0 Å². The van der Waals surface area contributed by atoms with Gasteiger partial charge in [0.2, 0.25) is 5.78 Å². The third-order valence-corrected chi connectivity index (χ3v) is 6.39. The lowest BCUT2D eigenvalue weighted by molar-refractivity contribution is 0.0192. The molecular weight excluding hydrogens is 508 g/mol. The Morgan fingerprint density at radius 1 is 0.897 bits per heavy atom. The monoisotopic (exact) mass is 536 g/mol. The zero-order chi connectivity index (χ0) is 28.1. The van der Waals surface area contributed by atoms with Crippen molar-refractivity contribution in [3.05, 3.63) is 76.9 Å². The first-order valence-corrected chi connectivity index (χ1v) is 12.2. The van der Waals surface area contributed by atoms with Crippen molar-refractivity contribution >= 4 is 17.7 Å². The van der Waals surface area contributed by atoms with Gasteiger partial charge in [0.05, 0.1) is 18.7 Å². The molecule has 1 fully saturated rings. The maximum Gasteiger partial charge on any atom is 0.338 e. The number of methoxy groups -OCH3 is 1. The summed E-state index contributed by atoms with van der Waals surface area (Å²) >= 11 is 0. The molecule has 39 heavy (non-hydrogen) atoms. The number of ether oxygens (including phenoxy) is 2. The van der Waals surface area contributed by atoms with E-state index in [1.807, 2.05) is 0 Å². The van der Waals surface area contributed by atoms with Crippen LogP contribution in [0.1, 0.15) is 49.5 Å². The first-order chi connectivity index (χ1) is 18.7. The van der Waals surface area contributed by atoms with Gasteiger partial charge in [0.15, 0.2) is 23.0 Å². The van der Waals surface area contributed by atoms with Crippen LogP contribution < -0.4 is 15.4 Å². The Morgan fingerprint density at radius 2 is 1.54 bits per heavy atom. The Kier molecular flexibility index (Phi) is 8.21. The molecule has 4 rings (SSSR count). The van der Waals surface area contributed by atoms with E-state index >= 15 is 0 Å². The van der Waals surface area contributed by atoms with Gasteiger partial charge in [0, 0.05) is 23.7 Å². The molecule has 2 atom stereocenters. The second kappa shape index (κ2) is 11.7. The van der Waals surface area contributed by atoms with Crippen LogP contribution in [0.15, 0.2) is 54.6 Å². The maximum absolute atomic E-state index is 13.0. The average Bonchev–Trinajstić information content (AvgIpc) is 3.15. The average molecular weight is 537 g/mol. The van der Waals surface area contributed by atoms with Crippen LogP contribution in [-0.2, 0) is 4.74 Å². The van der Waals surface area contributed by atoms with Gasteiger partial charge in [0.1, 0.15) is 17.4 Å². The van der Waals surface area contributed by atoms with E-state index < -0.39 is 46.7 Å². The fraction of sp³-hybridized carbons (Fsp3) is 0.250. The van der Waals surface area contributed by atoms with Crippen molar-refractivity contribution in [2.45, 2.75) is 25.0 Å². The Labute approximate surface area is 223 Å². The molecule has 1 aliphatic rings. The molecule has 1 amide bonds. The van der Waals surface area contributed by atoms with Crippen molar-refractivity contribution in [1.29, 1.82) is 0 Å². The highest BCUT2D eigenvalue weighted by atomic mass is 16.5. The standard InChI is InChI=1S/C28H28N2O9/c1-38-26-21(33)13-20(32)25(35)23(26)24(34)15-4-6-17(7-5-15)28(37)39-22-3-2-12-29-14-19(22)30-27(36)16-8-10-18(31)11-9-16/h4-11,13,19,22,29,31-33,35H,2-3,12,14H2,1H3,(H,30,36). The molecule has 1 aliphatic heterocycles. The molecule has 0 bridgehead atoms. The van der Waals surface area contributed by atoms with Gasteiger partial charge in [-0.05, 0) is 55.8 Å². The minimum absolute atomic E-state index is 0.0400. The van der Waals surface area contributed by atoms with Gasteiger partial charge < -0.3 is 40.5 Å². The first-order valence-electron chi connectivity index (χ1n) is 12.2. The van der Waals surface area contributed by atoms with E-state index in [1.165, 1.54) is 55.6 Å². The summed E-state index contributed by atoms with van der Waals surface area (Å²) in [6, 6.07) is 11.6. The Morgan fingerprint density at radius 3 is 2.21 bits per heavy atom. The van der Waals surface area contributed by atoms with Crippen LogP contribution in [0.2, 0.25) is 0 Å². The van der Waals surface area contributed by atoms with Gasteiger partial charge in [0.25, 0.3) is 5.91 Å². The third-order valence-electron chi connectivity index (χ3n) is 6.39. The summed E-state index contributed by atoms with van der Waals surface area (Å²) in [6.07, 6.45) is 0.612. The summed E-state index contributed by atoms with van der Waals surface area (Å²) in [5.41, 5.74) is 0.138. The predicted molar refractivity (Wildman–Crippen MR) is 139 cm³/mol. The lowest BCUT2D eigenvalue weighted by Gasteiger charge is -2.26. The van der Waals surface area contributed by atoms with E-state index in [-0.39, 0.29) is 28.5 Å². The summed E-state index contributed by atoms with van der Waals surface area (Å²) in [4.78, 5) is 38.7. The van der Waals surface area contributed by atoms with E-state index in [1.54, 1.807) is 0 Å². The number of amides is 1. The van der Waals surface area contributed by atoms with Crippen LogP contribution in [0.3, 0.4) is 0 Å². The summed E-state index contributed by atoms with van der Waals surface area (Å²) < 4.78 is 10.8. The number of hydrogen-bond acceptors (Lipinski definition) is 10. The fourth-order valence-corrected chi connectivity index (χ4v) is 4.32. The largest absolute Gasteiger partial charge is 0.508 e. The zero-order valence-electron chi connectivity index (χ0n) is 21.0. The van der Waals surface area contributed by atoms with Crippen LogP contribution in [0.25, 0.3) is 0 Å². The molecule has 0 aliphatic carbocycles. The third kappa shape index (κ3) is 6.04. The number of phenolic OH excluding ortho intramolecular Hbond substituents is 4. The van der Waals surface area contributed by atoms with Gasteiger partial charge in [-0.15, -0.1) is 0 Å². The molecule has 11 nitrogen and oxygen atoms in total. The Bertz CT molecular complexity index is 1370. The quantitative estimate of drug-likeness (QED) is 0.114. The van der Waals surface area contributed by atoms with E-state index in [0.29, 0.717) is 25.1 Å². The lowest BCUT2D eigenvalue weighted by Crippen LogP contribution is -2.49. The number of benzene rings is 3. The topological polar surface area (TPSA) is 175 Å². The van der Waals surface area contributed by atoms with E-state index in [0.717, 1.165) is 12.5 Å². The minimum atomic E-state index is -0.750. The van der Waals surface area contributed by atoms with Gasteiger partial charge >= 0.3 is 5.97 Å². The van der Waals surface area contributed by atoms with Crippen LogP contribution in [0, 0.1) is 0 Å². The number of hydrogen-bond donors (Lipinski definition) is 6. The number of nitrogens with one attached hydrogen (secondary N) is 2. The SMILES string of the molecule is COc1c(O)cc(O)c(O)c1C(=O)c1ccc(C(=O)OC2CCCNCC2NC(=O)c2ccc(O)cc2)cc1. The predicted octanol–water partition coefficient (Wildman–Crippen LogP) is 2.46. The lowest BCUT2D eigenvalue weighted by atomic mass is 9.99. The molecule has 3 aromatic rings. The number of ketones is 1. The maximum atomic E-state index is 13.0. The molecule has 11 heteroatoms. The molecule has 0 radical (unpaired) electrons. The van der Waals surface area contributed by atoms with E-state index in [9.17, 15) is 34.8 Å². The van der Waals surface area contributed by atoms with Crippen LogP contribution in [-0.4, -0.2) is 70.4 Å². The normalized spacial score (nSPS) is 17.1. The minimum Gasteiger partial charge on any atom is -0.508 e. The summed E-state index contributed by atoms with van der Waals surface area (Å²) in [6.45, 7) is 1.08. The summed E-state index contributed by atoms with van der Waals surface area (Å²) in [7, 11) is 1.20. The van der Waals surface area contributed by atoms with Gasteiger partial charge in [-0.3, -0.25) is 9.59 Å². The first kappa shape index (κ1) is 27.3. The summed E-state index contributed by atoms with van der Waals surface area (Å²) in [5, 5.41) is 45.6. The Hall–Kier alpha value is -4.77. The molecule has 0 spiro atoms. The highest BCUT2D eigenvalue weighted by Crippen LogP contribution is 2.43.